The van der Waals surface area contributed by atoms with Gasteiger partial charge in [0.05, 0.1) is 7.14 Å². The van der Waals surface area contributed by atoms with Crippen LogP contribution in [0.25, 0.3) is 0 Å². The Morgan fingerprint density at radius 3 is 1.95 bits per heavy atom. The Balaban J connectivity index is 3.00. The largest absolute Gasteiger partial charge is 0.323 e. The van der Waals surface area contributed by atoms with Crippen molar-refractivity contribution >= 4 is 23.1 Å². The lowest BCUT2D eigenvalue weighted by Gasteiger charge is -2.36. The highest BCUT2D eigenvalue weighted by Crippen LogP contribution is 2.59. The molecule has 0 aromatic carbocycles. The molecule has 0 bridgehead atoms. The standard InChI is InChI=1S/C16H28BrOP/c1-15(2,3)11-19(18,12-16(4,5)6)14-9-7-13(17)8-10-14/h7-9,14H,10-12H2,1-6H3. The summed E-state index contributed by atoms with van der Waals surface area (Å²) in [6.45, 7) is 13.2. The van der Waals surface area contributed by atoms with Crippen LogP contribution in [0.1, 0.15) is 48.0 Å². The van der Waals surface area contributed by atoms with Gasteiger partial charge in [0.1, 0.15) is 0 Å². The van der Waals surface area contributed by atoms with Gasteiger partial charge in [0.2, 0.25) is 0 Å². The number of halogens is 1. The molecule has 0 aromatic heterocycles. The van der Waals surface area contributed by atoms with Crippen molar-refractivity contribution in [3.05, 3.63) is 22.7 Å². The molecule has 1 aliphatic rings. The zero-order valence-electron chi connectivity index (χ0n) is 13.2. The number of hydrogen-bond donors (Lipinski definition) is 0. The molecule has 0 spiro atoms. The molecule has 0 aromatic rings. The lowest BCUT2D eigenvalue weighted by Crippen LogP contribution is -2.25. The molecule has 3 heteroatoms. The predicted octanol–water partition coefficient (Wildman–Crippen LogP) is 6.05. The van der Waals surface area contributed by atoms with Crippen molar-refractivity contribution in [1.82, 2.24) is 0 Å². The molecule has 110 valence electrons. The Morgan fingerprint density at radius 1 is 1.16 bits per heavy atom. The molecule has 0 aliphatic heterocycles. The van der Waals surface area contributed by atoms with Gasteiger partial charge in [-0.2, -0.15) is 0 Å². The smallest absolute Gasteiger partial charge is 0.0955 e. The van der Waals surface area contributed by atoms with Crippen molar-refractivity contribution in [2.24, 2.45) is 10.8 Å². The highest BCUT2D eigenvalue weighted by molar-refractivity contribution is 9.11. The van der Waals surface area contributed by atoms with Crippen molar-refractivity contribution in [2.45, 2.75) is 53.6 Å². The minimum Gasteiger partial charge on any atom is -0.323 e. The molecule has 0 saturated heterocycles. The summed E-state index contributed by atoms with van der Waals surface area (Å²) in [5.41, 5.74) is 0.451. The molecular weight excluding hydrogens is 319 g/mol. The van der Waals surface area contributed by atoms with E-state index in [1.165, 1.54) is 0 Å². The first-order valence-corrected chi connectivity index (χ1v) is 9.97. The third kappa shape index (κ3) is 6.00. The predicted molar refractivity (Wildman–Crippen MR) is 90.8 cm³/mol. The van der Waals surface area contributed by atoms with Gasteiger partial charge in [-0.05, 0) is 17.3 Å². The molecule has 1 rings (SSSR count). The summed E-state index contributed by atoms with van der Waals surface area (Å²) in [6.07, 6.45) is 8.94. The second kappa shape index (κ2) is 5.90. The van der Waals surface area contributed by atoms with Crippen LogP contribution in [0.4, 0.5) is 0 Å². The number of rotatable bonds is 3. The highest BCUT2D eigenvalue weighted by atomic mass is 79.9. The van der Waals surface area contributed by atoms with Crippen molar-refractivity contribution < 1.29 is 4.57 Å². The highest BCUT2D eigenvalue weighted by Gasteiger charge is 2.38. The third-order valence-electron chi connectivity index (χ3n) is 3.12. The van der Waals surface area contributed by atoms with Crippen LogP contribution >= 0.6 is 23.1 Å². The summed E-state index contributed by atoms with van der Waals surface area (Å²) >= 11 is 3.49. The Kier molecular flexibility index (Phi) is 5.35. The minimum absolute atomic E-state index is 0.118. The Hall–Kier alpha value is 0.190. The minimum atomic E-state index is -2.22. The van der Waals surface area contributed by atoms with E-state index in [0.29, 0.717) is 0 Å². The maximum absolute atomic E-state index is 13.6. The lowest BCUT2D eigenvalue weighted by molar-refractivity contribution is 0.432. The molecule has 1 aliphatic carbocycles. The first kappa shape index (κ1) is 17.2. The van der Waals surface area contributed by atoms with Crippen LogP contribution in [0.3, 0.4) is 0 Å². The molecule has 0 radical (unpaired) electrons. The fraction of sp³-hybridized carbons (Fsp3) is 0.750. The Morgan fingerprint density at radius 2 is 1.63 bits per heavy atom. The maximum atomic E-state index is 13.6. The van der Waals surface area contributed by atoms with Crippen LogP contribution in [0.2, 0.25) is 0 Å². The van der Waals surface area contributed by atoms with E-state index >= 15 is 0 Å². The van der Waals surface area contributed by atoms with Gasteiger partial charge in [0.15, 0.2) is 0 Å². The lowest BCUT2D eigenvalue weighted by atomic mass is 10.00. The summed E-state index contributed by atoms with van der Waals surface area (Å²) in [5.74, 6) is 0. The van der Waals surface area contributed by atoms with Gasteiger partial charge in [-0.1, -0.05) is 75.7 Å². The monoisotopic (exact) mass is 346 g/mol. The van der Waals surface area contributed by atoms with Crippen molar-refractivity contribution in [1.29, 1.82) is 0 Å². The average molecular weight is 347 g/mol. The first-order valence-electron chi connectivity index (χ1n) is 7.03. The van der Waals surface area contributed by atoms with E-state index in [4.69, 9.17) is 0 Å². The van der Waals surface area contributed by atoms with E-state index < -0.39 is 7.14 Å². The summed E-state index contributed by atoms with van der Waals surface area (Å²) in [6, 6.07) is 0. The normalized spacial score (nSPS) is 21.4. The molecule has 19 heavy (non-hydrogen) atoms. The van der Waals surface area contributed by atoms with Crippen molar-refractivity contribution in [3.8, 4) is 0 Å². The van der Waals surface area contributed by atoms with Gasteiger partial charge in [-0.25, -0.2) is 0 Å². The van der Waals surface area contributed by atoms with Crippen LogP contribution < -0.4 is 0 Å². The van der Waals surface area contributed by atoms with Crippen LogP contribution in [0.5, 0.6) is 0 Å². The van der Waals surface area contributed by atoms with Gasteiger partial charge in [0, 0.05) is 22.5 Å². The summed E-state index contributed by atoms with van der Waals surface area (Å²) in [4.78, 5) is 0. The van der Waals surface area contributed by atoms with E-state index in [9.17, 15) is 4.57 Å². The average Bonchev–Trinajstić information content (AvgIpc) is 2.11. The topological polar surface area (TPSA) is 17.1 Å². The zero-order valence-corrected chi connectivity index (χ0v) is 15.6. The fourth-order valence-electron chi connectivity index (χ4n) is 2.83. The van der Waals surface area contributed by atoms with Gasteiger partial charge in [0.25, 0.3) is 0 Å². The van der Waals surface area contributed by atoms with E-state index in [1.54, 1.807) is 0 Å². The van der Waals surface area contributed by atoms with Crippen LogP contribution in [-0.2, 0) is 4.57 Å². The molecule has 0 N–H and O–H groups in total. The maximum Gasteiger partial charge on any atom is 0.0955 e. The third-order valence-corrected chi connectivity index (χ3v) is 8.27. The van der Waals surface area contributed by atoms with E-state index in [1.807, 2.05) is 0 Å². The van der Waals surface area contributed by atoms with Crippen LogP contribution in [0, 0.1) is 10.8 Å². The molecular formula is C16H28BrOP. The SMILES string of the molecule is CC(C)(C)CP(=O)(CC(C)(C)C)C1C=CC(Br)=CC1. The van der Waals surface area contributed by atoms with Crippen molar-refractivity contribution in [2.75, 3.05) is 12.3 Å². The van der Waals surface area contributed by atoms with Gasteiger partial charge in [-0.3, -0.25) is 0 Å². The molecule has 0 amide bonds. The van der Waals surface area contributed by atoms with Crippen LogP contribution in [0.15, 0.2) is 22.7 Å². The van der Waals surface area contributed by atoms with E-state index in [0.717, 1.165) is 23.2 Å². The number of hydrogen-bond acceptors (Lipinski definition) is 1. The summed E-state index contributed by atoms with van der Waals surface area (Å²) < 4.78 is 14.7. The quantitative estimate of drug-likeness (QED) is 0.568. The molecule has 1 unspecified atom stereocenters. The zero-order chi connectivity index (χ0) is 14.9. The molecule has 0 heterocycles. The molecule has 1 nitrogen and oxygen atoms in total. The van der Waals surface area contributed by atoms with Crippen LogP contribution in [-0.4, -0.2) is 18.0 Å². The van der Waals surface area contributed by atoms with Crippen molar-refractivity contribution in [3.63, 3.8) is 0 Å². The first-order chi connectivity index (χ1) is 8.41. The van der Waals surface area contributed by atoms with Gasteiger partial charge >= 0.3 is 0 Å². The van der Waals surface area contributed by atoms with E-state index in [2.05, 4.69) is 75.7 Å². The Labute approximate surface area is 127 Å². The molecule has 1 atom stereocenters. The fourth-order valence-corrected chi connectivity index (χ4v) is 7.85. The van der Waals surface area contributed by atoms with E-state index in [-0.39, 0.29) is 16.5 Å². The summed E-state index contributed by atoms with van der Waals surface area (Å²) in [5, 5.41) is 0. The second-order valence-electron chi connectivity index (χ2n) is 8.14. The molecule has 0 saturated carbocycles. The van der Waals surface area contributed by atoms with Gasteiger partial charge < -0.3 is 4.57 Å². The Bertz CT molecular complexity index is 401. The summed E-state index contributed by atoms with van der Waals surface area (Å²) in [7, 11) is -2.22. The number of allylic oxidation sites excluding steroid dienone is 4. The van der Waals surface area contributed by atoms with Gasteiger partial charge in [-0.15, -0.1) is 0 Å². The second-order valence-corrected chi connectivity index (χ2v) is 12.3. The molecule has 0 fully saturated rings.